The molecule has 1 saturated heterocycles. The predicted octanol–water partition coefficient (Wildman–Crippen LogP) is 0.498. The predicted molar refractivity (Wildman–Crippen MR) is 62.5 cm³/mol. The molecule has 0 aromatic rings. The average Bonchev–Trinajstić information content (AvgIpc) is 3.12. The van der Waals surface area contributed by atoms with Crippen LogP contribution >= 0.6 is 0 Å². The second-order valence-corrected chi connectivity index (χ2v) is 5.05. The minimum Gasteiger partial charge on any atom is -0.481 e. The molecule has 96 valence electrons. The van der Waals surface area contributed by atoms with E-state index in [1.165, 1.54) is 0 Å². The van der Waals surface area contributed by atoms with Crippen LogP contribution in [-0.2, 0) is 9.59 Å². The Bertz CT molecular complexity index is 296. The van der Waals surface area contributed by atoms with Gasteiger partial charge >= 0.3 is 5.97 Å². The fourth-order valence-electron chi connectivity index (χ4n) is 2.38. The highest BCUT2D eigenvalue weighted by molar-refractivity contribution is 5.82. The maximum Gasteiger partial charge on any atom is 0.305 e. The first-order chi connectivity index (χ1) is 8.16. The van der Waals surface area contributed by atoms with E-state index in [-0.39, 0.29) is 24.4 Å². The molecule has 3 N–H and O–H groups in total. The maximum atomic E-state index is 12.0. The molecular formula is C12H20N2O3. The average molecular weight is 240 g/mol. The number of nitrogens with one attached hydrogen (secondary N) is 2. The van der Waals surface area contributed by atoms with Gasteiger partial charge in [-0.15, -0.1) is 0 Å². The molecule has 0 radical (unpaired) electrons. The largest absolute Gasteiger partial charge is 0.481 e. The molecular weight excluding hydrogens is 220 g/mol. The fourth-order valence-corrected chi connectivity index (χ4v) is 2.38. The van der Waals surface area contributed by atoms with Crippen molar-refractivity contribution in [2.24, 2.45) is 5.92 Å². The molecule has 5 nitrogen and oxygen atoms in total. The highest BCUT2D eigenvalue weighted by Gasteiger charge is 2.35. The molecule has 0 bridgehead atoms. The van der Waals surface area contributed by atoms with Crippen molar-refractivity contribution in [3.05, 3.63) is 0 Å². The van der Waals surface area contributed by atoms with E-state index in [1.807, 2.05) is 0 Å². The van der Waals surface area contributed by atoms with Crippen LogP contribution in [0.1, 0.15) is 38.5 Å². The first-order valence-corrected chi connectivity index (χ1v) is 6.42. The Morgan fingerprint density at radius 2 is 2.06 bits per heavy atom. The fraction of sp³-hybridized carbons (Fsp3) is 0.833. The van der Waals surface area contributed by atoms with E-state index >= 15 is 0 Å². The summed E-state index contributed by atoms with van der Waals surface area (Å²) in [6.07, 6.45) is 5.16. The summed E-state index contributed by atoms with van der Waals surface area (Å²) in [5.41, 5.74) is 0. The van der Waals surface area contributed by atoms with E-state index < -0.39 is 5.97 Å². The highest BCUT2D eigenvalue weighted by atomic mass is 16.4. The third-order valence-corrected chi connectivity index (χ3v) is 3.54. The smallest absolute Gasteiger partial charge is 0.305 e. The Hall–Kier alpha value is -1.10. The second-order valence-electron chi connectivity index (χ2n) is 5.05. The second kappa shape index (κ2) is 5.49. The Balaban J connectivity index is 1.83. The lowest BCUT2D eigenvalue weighted by molar-refractivity contribution is -0.138. The van der Waals surface area contributed by atoms with Gasteiger partial charge in [0.1, 0.15) is 0 Å². The van der Waals surface area contributed by atoms with Crippen LogP contribution in [-0.4, -0.2) is 35.6 Å². The number of amides is 1. The van der Waals surface area contributed by atoms with Crippen LogP contribution in [0.4, 0.5) is 0 Å². The van der Waals surface area contributed by atoms with Crippen molar-refractivity contribution in [2.75, 3.05) is 6.54 Å². The van der Waals surface area contributed by atoms with E-state index in [0.29, 0.717) is 5.92 Å². The summed E-state index contributed by atoms with van der Waals surface area (Å²) >= 11 is 0. The van der Waals surface area contributed by atoms with Gasteiger partial charge in [0, 0.05) is 6.04 Å². The number of carbonyl (C=O) groups is 2. The zero-order valence-corrected chi connectivity index (χ0v) is 9.95. The minimum absolute atomic E-state index is 0.0251. The summed E-state index contributed by atoms with van der Waals surface area (Å²) in [6.45, 7) is 0.880. The van der Waals surface area contributed by atoms with Crippen molar-refractivity contribution in [3.63, 3.8) is 0 Å². The molecule has 1 unspecified atom stereocenters. The van der Waals surface area contributed by atoms with E-state index in [9.17, 15) is 9.59 Å². The van der Waals surface area contributed by atoms with Crippen LogP contribution in [0.3, 0.4) is 0 Å². The topological polar surface area (TPSA) is 78.4 Å². The van der Waals surface area contributed by atoms with Gasteiger partial charge in [0.2, 0.25) is 5.91 Å². The highest BCUT2D eigenvalue weighted by Crippen LogP contribution is 2.34. The first kappa shape index (κ1) is 12.4. The minimum atomic E-state index is -0.834. The van der Waals surface area contributed by atoms with E-state index in [0.717, 1.165) is 38.6 Å². The molecule has 1 aliphatic heterocycles. The molecule has 1 aliphatic carbocycles. The molecule has 0 spiro atoms. The summed E-state index contributed by atoms with van der Waals surface area (Å²) in [5.74, 6) is -0.486. The van der Waals surface area contributed by atoms with E-state index in [1.54, 1.807) is 0 Å². The molecule has 2 rings (SSSR count). The summed E-state index contributed by atoms with van der Waals surface area (Å²) in [4.78, 5) is 22.7. The monoisotopic (exact) mass is 240 g/mol. The van der Waals surface area contributed by atoms with Gasteiger partial charge in [0.05, 0.1) is 12.5 Å². The standard InChI is InChI=1S/C12H20N2O3/c15-11(16)7-10(8-4-5-8)14-12(17)9-3-1-2-6-13-9/h8-10,13H,1-7H2,(H,14,17)(H,15,16)/t9-,10?/m1/s1. The summed E-state index contributed by atoms with van der Waals surface area (Å²) in [7, 11) is 0. The quantitative estimate of drug-likeness (QED) is 0.654. The molecule has 5 heteroatoms. The van der Waals surface area contributed by atoms with Gasteiger partial charge in [0.25, 0.3) is 0 Å². The van der Waals surface area contributed by atoms with Gasteiger partial charge in [-0.3, -0.25) is 9.59 Å². The van der Waals surface area contributed by atoms with Gasteiger partial charge in [-0.25, -0.2) is 0 Å². The molecule has 0 aromatic carbocycles. The Morgan fingerprint density at radius 3 is 2.59 bits per heavy atom. The molecule has 17 heavy (non-hydrogen) atoms. The van der Waals surface area contributed by atoms with Crippen molar-refractivity contribution >= 4 is 11.9 Å². The third kappa shape index (κ3) is 3.70. The third-order valence-electron chi connectivity index (χ3n) is 3.54. The molecule has 1 saturated carbocycles. The number of piperidine rings is 1. The van der Waals surface area contributed by atoms with Gasteiger partial charge in [0.15, 0.2) is 0 Å². The summed E-state index contributed by atoms with van der Waals surface area (Å²) in [5, 5.41) is 14.9. The van der Waals surface area contributed by atoms with E-state index in [4.69, 9.17) is 5.11 Å². The van der Waals surface area contributed by atoms with Crippen LogP contribution in [0.5, 0.6) is 0 Å². The van der Waals surface area contributed by atoms with Gasteiger partial charge in [-0.05, 0) is 38.1 Å². The van der Waals surface area contributed by atoms with Crippen LogP contribution in [0, 0.1) is 5.92 Å². The number of rotatable bonds is 5. The van der Waals surface area contributed by atoms with Gasteiger partial charge in [-0.2, -0.15) is 0 Å². The van der Waals surface area contributed by atoms with Crippen molar-refractivity contribution < 1.29 is 14.7 Å². The lowest BCUT2D eigenvalue weighted by Gasteiger charge is -2.25. The van der Waals surface area contributed by atoms with Crippen LogP contribution in [0.25, 0.3) is 0 Å². The Kier molecular flexibility index (Phi) is 3.99. The van der Waals surface area contributed by atoms with E-state index in [2.05, 4.69) is 10.6 Å². The Labute approximate surface area is 101 Å². The number of carbonyl (C=O) groups excluding carboxylic acids is 1. The lowest BCUT2D eigenvalue weighted by atomic mass is 10.0. The number of hydrogen-bond acceptors (Lipinski definition) is 3. The zero-order valence-electron chi connectivity index (χ0n) is 9.95. The summed E-state index contributed by atoms with van der Waals surface area (Å²) < 4.78 is 0. The number of carboxylic acids is 1. The van der Waals surface area contributed by atoms with Crippen molar-refractivity contribution in [1.29, 1.82) is 0 Å². The molecule has 2 aliphatic rings. The number of aliphatic carboxylic acids is 1. The Morgan fingerprint density at radius 1 is 1.29 bits per heavy atom. The zero-order chi connectivity index (χ0) is 12.3. The van der Waals surface area contributed by atoms with Crippen molar-refractivity contribution in [3.8, 4) is 0 Å². The number of hydrogen-bond donors (Lipinski definition) is 3. The lowest BCUT2D eigenvalue weighted by Crippen LogP contribution is -2.50. The molecule has 0 aromatic heterocycles. The normalized spacial score (nSPS) is 26.2. The summed E-state index contributed by atoms with van der Waals surface area (Å²) in [6, 6.07) is -0.303. The SMILES string of the molecule is O=C(O)CC(NC(=O)[C@H]1CCCCN1)C1CC1. The van der Waals surface area contributed by atoms with Crippen LogP contribution < -0.4 is 10.6 Å². The molecule has 2 atom stereocenters. The van der Waals surface area contributed by atoms with Crippen LogP contribution in [0.15, 0.2) is 0 Å². The van der Waals surface area contributed by atoms with Gasteiger partial charge < -0.3 is 15.7 Å². The van der Waals surface area contributed by atoms with Crippen molar-refractivity contribution in [2.45, 2.75) is 50.6 Å². The maximum absolute atomic E-state index is 12.0. The molecule has 2 fully saturated rings. The molecule has 1 heterocycles. The van der Waals surface area contributed by atoms with Gasteiger partial charge in [-0.1, -0.05) is 6.42 Å². The van der Waals surface area contributed by atoms with Crippen LogP contribution in [0.2, 0.25) is 0 Å². The van der Waals surface area contributed by atoms with Crippen molar-refractivity contribution in [1.82, 2.24) is 10.6 Å². The first-order valence-electron chi connectivity index (χ1n) is 6.42. The number of carboxylic acid groups (broad SMARTS) is 1. The molecule has 1 amide bonds.